The number of rotatable bonds is 3. The lowest BCUT2D eigenvalue weighted by atomic mass is 9.77. The number of hydrogen-bond donors (Lipinski definition) is 2. The molecule has 1 fully saturated rings. The normalized spacial score (nSPS) is 18.7. The highest BCUT2D eigenvalue weighted by Crippen LogP contribution is 2.35. The molecule has 0 saturated heterocycles. The molecular formula is C13H18ClF2NO. The van der Waals surface area contributed by atoms with Crippen LogP contribution in [-0.2, 0) is 0 Å². The van der Waals surface area contributed by atoms with Crippen LogP contribution in [0.15, 0.2) is 12.1 Å². The van der Waals surface area contributed by atoms with Crippen LogP contribution in [0.5, 0.6) is 0 Å². The van der Waals surface area contributed by atoms with Crippen molar-refractivity contribution in [1.82, 2.24) is 0 Å². The van der Waals surface area contributed by atoms with Gasteiger partial charge in [0.1, 0.15) is 0 Å². The van der Waals surface area contributed by atoms with E-state index in [4.69, 9.17) is 5.73 Å². The van der Waals surface area contributed by atoms with Crippen LogP contribution < -0.4 is 5.73 Å². The summed E-state index contributed by atoms with van der Waals surface area (Å²) in [5, 5.41) is 9.96. The lowest BCUT2D eigenvalue weighted by Crippen LogP contribution is -2.37. The largest absolute Gasteiger partial charge is 0.391 e. The Morgan fingerprint density at radius 3 is 2.39 bits per heavy atom. The molecule has 18 heavy (non-hydrogen) atoms. The van der Waals surface area contributed by atoms with Crippen molar-refractivity contribution in [3.63, 3.8) is 0 Å². The van der Waals surface area contributed by atoms with Gasteiger partial charge in [0.15, 0.2) is 11.6 Å². The van der Waals surface area contributed by atoms with Crippen LogP contribution in [-0.4, -0.2) is 11.2 Å². The maximum Gasteiger partial charge on any atom is 0.163 e. The van der Waals surface area contributed by atoms with Gasteiger partial charge in [-0.15, -0.1) is 12.4 Å². The molecule has 1 aliphatic rings. The van der Waals surface area contributed by atoms with Gasteiger partial charge in [0, 0.05) is 5.56 Å². The highest BCUT2D eigenvalue weighted by atomic mass is 35.5. The third kappa shape index (κ3) is 2.66. The molecule has 0 radical (unpaired) electrons. The minimum atomic E-state index is -0.934. The summed E-state index contributed by atoms with van der Waals surface area (Å²) < 4.78 is 27.1. The highest BCUT2D eigenvalue weighted by molar-refractivity contribution is 5.85. The number of aliphatic hydroxyl groups excluding tert-OH is 1. The maximum atomic E-state index is 13.7. The number of benzene rings is 1. The summed E-state index contributed by atoms with van der Waals surface area (Å²) in [6.07, 6.45) is 2.09. The van der Waals surface area contributed by atoms with Crippen LogP contribution in [0.4, 0.5) is 8.78 Å². The van der Waals surface area contributed by atoms with E-state index < -0.39 is 23.8 Å². The summed E-state index contributed by atoms with van der Waals surface area (Å²) in [4.78, 5) is 0. The van der Waals surface area contributed by atoms with E-state index in [-0.39, 0.29) is 29.5 Å². The smallest absolute Gasteiger partial charge is 0.163 e. The third-order valence-corrected chi connectivity index (χ3v) is 3.67. The average molecular weight is 278 g/mol. The Labute approximate surface area is 112 Å². The second-order valence-electron chi connectivity index (χ2n) is 4.81. The molecule has 0 spiro atoms. The Bertz CT molecular complexity index is 424. The second kappa shape index (κ2) is 5.95. The van der Waals surface area contributed by atoms with E-state index in [1.807, 2.05) is 0 Å². The topological polar surface area (TPSA) is 46.2 Å². The van der Waals surface area contributed by atoms with E-state index in [1.54, 1.807) is 0 Å². The predicted molar refractivity (Wildman–Crippen MR) is 68.6 cm³/mol. The van der Waals surface area contributed by atoms with Crippen molar-refractivity contribution >= 4 is 12.4 Å². The lowest BCUT2D eigenvalue weighted by molar-refractivity contribution is 0.0403. The van der Waals surface area contributed by atoms with Gasteiger partial charge in [0.25, 0.3) is 0 Å². The summed E-state index contributed by atoms with van der Waals surface area (Å²) in [7, 11) is 0. The van der Waals surface area contributed by atoms with Gasteiger partial charge in [-0.2, -0.15) is 0 Å². The van der Waals surface area contributed by atoms with Crippen molar-refractivity contribution in [2.24, 2.45) is 11.7 Å². The number of aryl methyl sites for hydroxylation is 1. The van der Waals surface area contributed by atoms with Crippen molar-refractivity contribution in [1.29, 1.82) is 0 Å². The van der Waals surface area contributed by atoms with Crippen molar-refractivity contribution in [3.05, 3.63) is 34.9 Å². The van der Waals surface area contributed by atoms with Crippen LogP contribution >= 0.6 is 12.4 Å². The molecule has 1 aliphatic carbocycles. The predicted octanol–water partition coefficient (Wildman–Crippen LogP) is 2.86. The molecule has 5 heteroatoms. The van der Waals surface area contributed by atoms with Gasteiger partial charge in [-0.05, 0) is 31.2 Å². The van der Waals surface area contributed by atoms with E-state index in [2.05, 4.69) is 0 Å². The molecule has 2 rings (SSSR count). The molecule has 1 saturated carbocycles. The fourth-order valence-electron chi connectivity index (χ4n) is 2.18. The fourth-order valence-corrected chi connectivity index (χ4v) is 2.18. The van der Waals surface area contributed by atoms with Crippen molar-refractivity contribution < 1.29 is 13.9 Å². The van der Waals surface area contributed by atoms with Crippen LogP contribution in [0.25, 0.3) is 0 Å². The van der Waals surface area contributed by atoms with Crippen LogP contribution in [0.2, 0.25) is 0 Å². The molecular weight excluding hydrogens is 260 g/mol. The molecule has 1 aromatic carbocycles. The van der Waals surface area contributed by atoms with E-state index in [0.717, 1.165) is 19.3 Å². The van der Waals surface area contributed by atoms with Gasteiger partial charge in [-0.25, -0.2) is 8.78 Å². The fraction of sp³-hybridized carbons (Fsp3) is 0.538. The third-order valence-electron chi connectivity index (χ3n) is 3.67. The minimum Gasteiger partial charge on any atom is -0.391 e. The first-order valence-corrected chi connectivity index (χ1v) is 5.90. The first kappa shape index (κ1) is 15.3. The lowest BCUT2D eigenvalue weighted by Gasteiger charge is -2.34. The van der Waals surface area contributed by atoms with Crippen molar-refractivity contribution in [3.8, 4) is 0 Å². The summed E-state index contributed by atoms with van der Waals surface area (Å²) in [5.74, 6) is -1.69. The van der Waals surface area contributed by atoms with Gasteiger partial charge < -0.3 is 10.8 Å². The molecule has 0 heterocycles. The van der Waals surface area contributed by atoms with Crippen LogP contribution in [0, 0.1) is 24.5 Å². The Kier molecular flexibility index (Phi) is 5.08. The van der Waals surface area contributed by atoms with Crippen molar-refractivity contribution in [2.75, 3.05) is 0 Å². The first-order valence-electron chi connectivity index (χ1n) is 5.90. The Morgan fingerprint density at radius 2 is 1.89 bits per heavy atom. The number of hydrogen-bond acceptors (Lipinski definition) is 2. The number of nitrogens with two attached hydrogens (primary N) is 1. The van der Waals surface area contributed by atoms with E-state index >= 15 is 0 Å². The Morgan fingerprint density at radius 1 is 1.28 bits per heavy atom. The standard InChI is InChI=1S/C13H17F2NO.ClH/c1-7-5-6-9(11(15)10(7)14)12(16)13(17)8-3-2-4-8;/h5-6,8,12-13,17H,2-4,16H2,1H3;1H/t12-,13+;/m1./s1. The second-order valence-corrected chi connectivity index (χ2v) is 4.81. The monoisotopic (exact) mass is 277 g/mol. The highest BCUT2D eigenvalue weighted by Gasteiger charge is 2.32. The molecule has 0 bridgehead atoms. The van der Waals surface area contributed by atoms with E-state index in [1.165, 1.54) is 19.1 Å². The van der Waals surface area contributed by atoms with Gasteiger partial charge in [0.05, 0.1) is 12.1 Å². The molecule has 3 N–H and O–H groups in total. The summed E-state index contributed by atoms with van der Waals surface area (Å²) in [6, 6.07) is 2.09. The molecule has 0 unspecified atom stereocenters. The SMILES string of the molecule is Cc1ccc([C@@H](N)[C@@H](O)C2CCC2)c(F)c1F.Cl. The zero-order valence-electron chi connectivity index (χ0n) is 10.2. The molecule has 0 aromatic heterocycles. The molecule has 0 amide bonds. The minimum absolute atomic E-state index is 0. The summed E-state index contributed by atoms with van der Waals surface area (Å²) in [6.45, 7) is 1.50. The average Bonchev–Trinajstić information content (AvgIpc) is 2.23. The zero-order valence-corrected chi connectivity index (χ0v) is 11.0. The number of aliphatic hydroxyl groups is 1. The van der Waals surface area contributed by atoms with E-state index in [0.29, 0.717) is 0 Å². The van der Waals surface area contributed by atoms with Gasteiger partial charge >= 0.3 is 0 Å². The quantitative estimate of drug-likeness (QED) is 0.892. The van der Waals surface area contributed by atoms with Gasteiger partial charge in [0.2, 0.25) is 0 Å². The zero-order chi connectivity index (χ0) is 12.6. The Balaban J connectivity index is 0.00000162. The molecule has 0 aliphatic heterocycles. The maximum absolute atomic E-state index is 13.7. The molecule has 1 aromatic rings. The Hall–Kier alpha value is -0.710. The first-order chi connectivity index (χ1) is 8.02. The van der Waals surface area contributed by atoms with Crippen molar-refractivity contribution in [2.45, 2.75) is 38.3 Å². The van der Waals surface area contributed by atoms with Gasteiger partial charge in [-0.3, -0.25) is 0 Å². The summed E-state index contributed by atoms with van der Waals surface area (Å²) >= 11 is 0. The van der Waals surface area contributed by atoms with E-state index in [9.17, 15) is 13.9 Å². The van der Waals surface area contributed by atoms with Gasteiger partial charge in [-0.1, -0.05) is 18.6 Å². The summed E-state index contributed by atoms with van der Waals surface area (Å²) in [5.41, 5.74) is 6.12. The molecule has 2 atom stereocenters. The molecule has 102 valence electrons. The molecule has 2 nitrogen and oxygen atoms in total. The number of halogens is 3. The van der Waals surface area contributed by atoms with Crippen LogP contribution in [0.1, 0.15) is 36.4 Å². The van der Waals surface area contributed by atoms with Crippen LogP contribution in [0.3, 0.4) is 0 Å².